The van der Waals surface area contributed by atoms with E-state index in [1.165, 1.54) is 23.7 Å². The highest BCUT2D eigenvalue weighted by Gasteiger charge is 2.18. The van der Waals surface area contributed by atoms with Crippen LogP contribution in [0.15, 0.2) is 49.9 Å². The summed E-state index contributed by atoms with van der Waals surface area (Å²) in [6.07, 6.45) is 3.53. The van der Waals surface area contributed by atoms with E-state index < -0.39 is 0 Å². The number of furan rings is 1. The first kappa shape index (κ1) is 16.5. The van der Waals surface area contributed by atoms with Gasteiger partial charge in [-0.2, -0.15) is 0 Å². The number of aromatic nitrogens is 3. The fourth-order valence-corrected chi connectivity index (χ4v) is 5.23. The zero-order valence-electron chi connectivity index (χ0n) is 13.8. The van der Waals surface area contributed by atoms with Crippen molar-refractivity contribution in [3.8, 4) is 11.5 Å². The van der Waals surface area contributed by atoms with Crippen LogP contribution in [0, 0.1) is 0 Å². The quantitative estimate of drug-likeness (QED) is 0.407. The van der Waals surface area contributed by atoms with Gasteiger partial charge in [0.2, 0.25) is 5.76 Å². The van der Waals surface area contributed by atoms with E-state index in [2.05, 4.69) is 20.4 Å². The van der Waals surface area contributed by atoms with Crippen LogP contribution in [0.3, 0.4) is 0 Å². The molecule has 4 aromatic heterocycles. The summed E-state index contributed by atoms with van der Waals surface area (Å²) < 4.78 is 13.5. The molecular weight excluding hydrogens is 404 g/mol. The van der Waals surface area contributed by atoms with Crippen molar-refractivity contribution < 1.29 is 13.7 Å². The molecule has 5 rings (SSSR count). The summed E-state index contributed by atoms with van der Waals surface area (Å²) in [5.74, 6) is 0.519. The normalized spacial score (nSPS) is 11.4. The minimum absolute atomic E-state index is 0.160. The number of nitrogens with zero attached hydrogens (tertiary/aromatic N) is 3. The number of rotatable bonds is 4. The minimum atomic E-state index is -0.388. The molecule has 0 aliphatic carbocycles. The third kappa shape index (κ3) is 2.91. The monoisotopic (exact) mass is 414 g/mol. The van der Waals surface area contributed by atoms with E-state index in [4.69, 9.17) is 8.94 Å². The Morgan fingerprint density at radius 2 is 1.93 bits per heavy atom. The lowest BCUT2D eigenvalue weighted by atomic mass is 10.3. The van der Waals surface area contributed by atoms with Crippen molar-refractivity contribution in [1.29, 1.82) is 0 Å². The molecule has 27 heavy (non-hydrogen) atoms. The molecule has 0 spiro atoms. The zero-order chi connectivity index (χ0) is 18.4. The number of hydrogen-bond donors (Lipinski definition) is 1. The smallest absolute Gasteiger partial charge is 0.279 e. The third-order valence-corrected chi connectivity index (χ3v) is 7.00. The van der Waals surface area contributed by atoms with Crippen LogP contribution in [0.25, 0.3) is 32.0 Å². The Morgan fingerprint density at radius 3 is 2.70 bits per heavy atom. The molecule has 1 aromatic carbocycles. The second-order valence-corrected chi connectivity index (χ2v) is 8.52. The molecule has 0 aliphatic rings. The molecule has 5 aromatic rings. The molecule has 0 fully saturated rings. The van der Waals surface area contributed by atoms with E-state index in [0.29, 0.717) is 16.7 Å². The van der Waals surface area contributed by atoms with Crippen molar-refractivity contribution >= 4 is 65.9 Å². The van der Waals surface area contributed by atoms with Gasteiger partial charge in [0.05, 0.1) is 26.7 Å². The van der Waals surface area contributed by atoms with E-state index in [-0.39, 0.29) is 11.6 Å². The summed E-state index contributed by atoms with van der Waals surface area (Å²) in [5, 5.41) is 7.10. The summed E-state index contributed by atoms with van der Waals surface area (Å²) in [7, 11) is 0. The van der Waals surface area contributed by atoms with E-state index in [0.717, 1.165) is 24.8 Å². The van der Waals surface area contributed by atoms with Gasteiger partial charge in [-0.3, -0.25) is 10.1 Å². The van der Waals surface area contributed by atoms with Crippen molar-refractivity contribution in [2.75, 3.05) is 11.6 Å². The highest BCUT2D eigenvalue weighted by atomic mass is 32.2. The predicted molar refractivity (Wildman–Crippen MR) is 107 cm³/mol. The molecule has 10 heteroatoms. The Bertz CT molecular complexity index is 1270. The van der Waals surface area contributed by atoms with Crippen LogP contribution in [0.4, 0.5) is 5.13 Å². The van der Waals surface area contributed by atoms with Gasteiger partial charge in [-0.1, -0.05) is 28.3 Å². The Hall–Kier alpha value is -2.69. The Labute approximate surface area is 164 Å². The summed E-state index contributed by atoms with van der Waals surface area (Å²) in [5.41, 5.74) is 1.93. The van der Waals surface area contributed by atoms with Crippen molar-refractivity contribution in [3.05, 3.63) is 42.3 Å². The fourth-order valence-electron chi connectivity index (χ4n) is 2.57. The lowest BCUT2D eigenvalue weighted by Crippen LogP contribution is -2.11. The number of nitrogens with one attached hydrogen (secondary N) is 1. The molecule has 134 valence electrons. The average molecular weight is 414 g/mol. The molecule has 1 N–H and O–H groups in total. The first-order chi connectivity index (χ1) is 13.2. The Morgan fingerprint density at radius 1 is 1.11 bits per heavy atom. The number of anilines is 1. The molecule has 0 saturated heterocycles. The third-order valence-electron chi connectivity index (χ3n) is 3.79. The van der Waals surface area contributed by atoms with Crippen LogP contribution < -0.4 is 5.32 Å². The Kier molecular flexibility index (Phi) is 3.96. The standard InChI is InChI=1S/C17H10N4O3S3/c1-25-17-19-9-5-4-8-13(14(9)27-17)26-16(18-8)20-15(22)10-7-12(24-21-10)11-3-2-6-23-11/h2-7H,1H3,(H,18,20,22). The predicted octanol–water partition coefficient (Wildman–Crippen LogP) is 5.13. The maximum atomic E-state index is 12.5. The first-order valence-electron chi connectivity index (χ1n) is 7.77. The van der Waals surface area contributed by atoms with Gasteiger partial charge in [0.1, 0.15) is 0 Å². The maximum Gasteiger partial charge on any atom is 0.279 e. The van der Waals surface area contributed by atoms with Gasteiger partial charge in [0.15, 0.2) is 20.9 Å². The second kappa shape index (κ2) is 6.48. The van der Waals surface area contributed by atoms with Crippen molar-refractivity contribution in [2.45, 2.75) is 4.34 Å². The van der Waals surface area contributed by atoms with E-state index in [1.54, 1.807) is 35.2 Å². The van der Waals surface area contributed by atoms with Crippen molar-refractivity contribution in [3.63, 3.8) is 0 Å². The molecule has 0 bridgehead atoms. The van der Waals surface area contributed by atoms with Crippen LogP contribution in [0.5, 0.6) is 0 Å². The lowest BCUT2D eigenvalue weighted by molar-refractivity contribution is 0.101. The molecule has 0 aliphatic heterocycles. The van der Waals surface area contributed by atoms with E-state index in [9.17, 15) is 4.79 Å². The van der Waals surface area contributed by atoms with E-state index >= 15 is 0 Å². The van der Waals surface area contributed by atoms with Crippen molar-refractivity contribution in [1.82, 2.24) is 15.1 Å². The lowest BCUT2D eigenvalue weighted by Gasteiger charge is -1.95. The molecule has 1 amide bonds. The summed E-state index contributed by atoms with van der Waals surface area (Å²) in [6.45, 7) is 0. The first-order valence-corrected chi connectivity index (χ1v) is 10.6. The zero-order valence-corrected chi connectivity index (χ0v) is 16.2. The molecular formula is C17H10N4O3S3. The second-order valence-electron chi connectivity index (χ2n) is 5.47. The maximum absolute atomic E-state index is 12.5. The van der Waals surface area contributed by atoms with Gasteiger partial charge >= 0.3 is 0 Å². The van der Waals surface area contributed by atoms with Gasteiger partial charge in [-0.05, 0) is 30.5 Å². The SMILES string of the molecule is CSc1nc2ccc3nc(NC(=O)c4cc(-c5ccco5)on4)sc3c2s1. The van der Waals surface area contributed by atoms with E-state index in [1.807, 2.05) is 18.4 Å². The topological polar surface area (TPSA) is 94.1 Å². The number of thioether (sulfide) groups is 1. The summed E-state index contributed by atoms with van der Waals surface area (Å²) in [4.78, 5) is 21.5. The van der Waals surface area contributed by atoms with Crippen LogP contribution in [-0.4, -0.2) is 27.3 Å². The largest absolute Gasteiger partial charge is 0.461 e. The van der Waals surface area contributed by atoms with Gasteiger partial charge < -0.3 is 8.94 Å². The van der Waals surface area contributed by atoms with Gasteiger partial charge in [-0.15, -0.1) is 11.3 Å². The number of benzene rings is 1. The molecule has 0 radical (unpaired) electrons. The number of hydrogen-bond acceptors (Lipinski definition) is 9. The Balaban J connectivity index is 1.45. The van der Waals surface area contributed by atoms with Gasteiger partial charge in [-0.25, -0.2) is 9.97 Å². The van der Waals surface area contributed by atoms with Crippen LogP contribution in [-0.2, 0) is 0 Å². The average Bonchev–Trinajstić information content (AvgIpc) is 3.45. The van der Waals surface area contributed by atoms with Gasteiger partial charge in [0.25, 0.3) is 5.91 Å². The highest BCUT2D eigenvalue weighted by Crippen LogP contribution is 2.38. The van der Waals surface area contributed by atoms with Crippen LogP contribution in [0.1, 0.15) is 10.5 Å². The minimum Gasteiger partial charge on any atom is -0.461 e. The number of thiazole rings is 2. The number of amides is 1. The summed E-state index contributed by atoms with van der Waals surface area (Å²) >= 11 is 4.66. The molecule has 0 saturated carbocycles. The number of carbonyl (C=O) groups excluding carboxylic acids is 1. The molecule has 7 nitrogen and oxygen atoms in total. The summed E-state index contributed by atoms with van der Waals surface area (Å²) in [6, 6.07) is 8.87. The van der Waals surface area contributed by atoms with Gasteiger partial charge in [0, 0.05) is 6.07 Å². The van der Waals surface area contributed by atoms with Crippen molar-refractivity contribution in [2.24, 2.45) is 0 Å². The number of carbonyl (C=O) groups is 1. The fraction of sp³-hybridized carbons (Fsp3) is 0.0588. The van der Waals surface area contributed by atoms with Crippen LogP contribution in [0.2, 0.25) is 0 Å². The highest BCUT2D eigenvalue weighted by molar-refractivity contribution is 8.00. The number of fused-ring (bicyclic) bond motifs is 3. The molecule has 4 heterocycles. The molecule has 0 atom stereocenters. The van der Waals surface area contributed by atoms with Crippen LogP contribution >= 0.6 is 34.4 Å². The molecule has 0 unspecified atom stereocenters.